The first kappa shape index (κ1) is 22.7. The second-order valence-corrected chi connectivity index (χ2v) is 8.82. The van der Waals surface area contributed by atoms with Gasteiger partial charge in [-0.05, 0) is 55.5 Å². The summed E-state index contributed by atoms with van der Waals surface area (Å²) in [5.41, 5.74) is 2.24. The van der Waals surface area contributed by atoms with Gasteiger partial charge < -0.3 is 14.5 Å². The maximum absolute atomic E-state index is 13.0. The molecule has 2 heterocycles. The molecule has 7 nitrogen and oxygen atoms in total. The number of anilines is 1. The average Bonchev–Trinajstić information content (AvgIpc) is 3.34. The summed E-state index contributed by atoms with van der Waals surface area (Å²) >= 11 is 1.43. The van der Waals surface area contributed by atoms with Gasteiger partial charge in [-0.1, -0.05) is 6.42 Å². The zero-order valence-electron chi connectivity index (χ0n) is 17.9. The number of nitrogens with zero attached hydrogens (tertiary/aromatic N) is 2. The number of rotatable bonds is 7. The normalized spacial score (nSPS) is 13.0. The van der Waals surface area contributed by atoms with Crippen molar-refractivity contribution in [2.45, 2.75) is 44.9 Å². The number of esters is 1. The van der Waals surface area contributed by atoms with E-state index in [1.807, 2.05) is 0 Å². The smallest absolute Gasteiger partial charge is 0.306 e. The number of oxazole rings is 1. The Morgan fingerprint density at radius 2 is 2.00 bits per heavy atom. The van der Waals surface area contributed by atoms with Gasteiger partial charge in [0.2, 0.25) is 0 Å². The number of nitriles is 1. The second-order valence-electron chi connectivity index (χ2n) is 7.71. The maximum Gasteiger partial charge on any atom is 0.306 e. The fraction of sp³-hybridized carbons (Fsp3) is 0.333. The predicted molar refractivity (Wildman–Crippen MR) is 120 cm³/mol. The molecule has 0 aliphatic heterocycles. The lowest BCUT2D eigenvalue weighted by atomic mass is 10.1. The van der Waals surface area contributed by atoms with E-state index >= 15 is 0 Å². The largest absolute Gasteiger partial charge is 0.456 e. The van der Waals surface area contributed by atoms with E-state index in [4.69, 9.17) is 9.15 Å². The van der Waals surface area contributed by atoms with Gasteiger partial charge in [0.05, 0.1) is 18.2 Å². The third kappa shape index (κ3) is 5.65. The van der Waals surface area contributed by atoms with Gasteiger partial charge in [0.15, 0.2) is 18.3 Å². The Kier molecular flexibility index (Phi) is 7.15. The molecule has 0 atom stereocenters. The molecular weight excluding hydrogens is 445 g/mol. The van der Waals surface area contributed by atoms with Crippen molar-refractivity contribution in [1.29, 1.82) is 5.26 Å². The van der Waals surface area contributed by atoms with Crippen LogP contribution in [0.4, 0.5) is 9.39 Å². The number of ether oxygens (including phenoxy) is 1. The number of benzene rings is 1. The highest BCUT2D eigenvalue weighted by molar-refractivity contribution is 7.16. The van der Waals surface area contributed by atoms with Gasteiger partial charge in [-0.2, -0.15) is 5.26 Å². The van der Waals surface area contributed by atoms with Gasteiger partial charge in [0, 0.05) is 16.9 Å². The summed E-state index contributed by atoms with van der Waals surface area (Å²) in [5.74, 6) is -0.571. The lowest BCUT2D eigenvalue weighted by Gasteiger charge is -2.05. The van der Waals surface area contributed by atoms with Gasteiger partial charge >= 0.3 is 5.97 Å². The molecule has 0 bridgehead atoms. The SMILES string of the molecule is N#Cc1c(NC(=O)COC(=O)CCc2ncc(-c3ccc(F)cc3)o2)sc2c1CCCCC2. The summed E-state index contributed by atoms with van der Waals surface area (Å²) < 4.78 is 23.7. The molecule has 1 aromatic carbocycles. The van der Waals surface area contributed by atoms with Crippen molar-refractivity contribution in [2.24, 2.45) is 0 Å². The van der Waals surface area contributed by atoms with Crippen LogP contribution in [0, 0.1) is 17.1 Å². The van der Waals surface area contributed by atoms with Crippen molar-refractivity contribution in [3.8, 4) is 17.4 Å². The van der Waals surface area contributed by atoms with Crippen LogP contribution in [0.15, 0.2) is 34.9 Å². The first-order valence-electron chi connectivity index (χ1n) is 10.7. The van der Waals surface area contributed by atoms with E-state index in [2.05, 4.69) is 16.4 Å². The molecule has 1 aliphatic rings. The zero-order valence-corrected chi connectivity index (χ0v) is 18.7. The topological polar surface area (TPSA) is 105 Å². The molecule has 170 valence electrons. The van der Waals surface area contributed by atoms with Gasteiger partial charge in [0.25, 0.3) is 5.91 Å². The Hall–Kier alpha value is -3.51. The number of nitrogens with one attached hydrogen (secondary N) is 1. The van der Waals surface area contributed by atoms with E-state index in [-0.39, 0.29) is 18.7 Å². The third-order valence-corrected chi connectivity index (χ3v) is 6.58. The molecule has 0 saturated heterocycles. The highest BCUT2D eigenvalue weighted by atomic mass is 32.1. The summed E-state index contributed by atoms with van der Waals surface area (Å²) in [5, 5.41) is 12.8. The molecule has 3 aromatic rings. The van der Waals surface area contributed by atoms with E-state index < -0.39 is 18.5 Å². The fourth-order valence-corrected chi connectivity index (χ4v) is 4.97. The number of fused-ring (bicyclic) bond motifs is 1. The molecule has 4 rings (SSSR count). The second kappa shape index (κ2) is 10.4. The van der Waals surface area contributed by atoms with Gasteiger partial charge in [0.1, 0.15) is 16.9 Å². The first-order chi connectivity index (χ1) is 16.0. The van der Waals surface area contributed by atoms with Crippen molar-refractivity contribution in [3.05, 3.63) is 58.2 Å². The number of aryl methyl sites for hydroxylation is 2. The predicted octanol–water partition coefficient (Wildman–Crippen LogP) is 4.80. The highest BCUT2D eigenvalue weighted by Gasteiger charge is 2.21. The quantitative estimate of drug-likeness (QED) is 0.395. The Balaban J connectivity index is 1.25. The molecule has 1 N–H and O–H groups in total. The van der Waals surface area contributed by atoms with Crippen LogP contribution in [0.25, 0.3) is 11.3 Å². The number of carbonyl (C=O) groups excluding carboxylic acids is 2. The number of halogens is 1. The van der Waals surface area contributed by atoms with Crippen molar-refractivity contribution >= 4 is 28.2 Å². The molecule has 1 aliphatic carbocycles. The molecule has 0 fully saturated rings. The molecular formula is C24H22FN3O4S. The molecule has 0 saturated carbocycles. The molecule has 1 amide bonds. The number of aromatic nitrogens is 1. The van der Waals surface area contributed by atoms with E-state index in [1.165, 1.54) is 29.7 Å². The van der Waals surface area contributed by atoms with Crippen LogP contribution in [0.1, 0.15) is 47.6 Å². The average molecular weight is 468 g/mol. The molecule has 0 spiro atoms. The number of thiophene rings is 1. The van der Waals surface area contributed by atoms with Crippen molar-refractivity contribution < 1.29 is 23.1 Å². The minimum absolute atomic E-state index is 0.00655. The van der Waals surface area contributed by atoms with E-state index in [9.17, 15) is 19.2 Å². The van der Waals surface area contributed by atoms with Gasteiger partial charge in [-0.15, -0.1) is 11.3 Å². The highest BCUT2D eigenvalue weighted by Crippen LogP contribution is 2.36. The fourth-order valence-electron chi connectivity index (χ4n) is 3.71. The van der Waals surface area contributed by atoms with Crippen LogP contribution in [0.2, 0.25) is 0 Å². The molecule has 0 unspecified atom stereocenters. The van der Waals surface area contributed by atoms with Crippen LogP contribution in [0.3, 0.4) is 0 Å². The van der Waals surface area contributed by atoms with Crippen LogP contribution in [0.5, 0.6) is 0 Å². The van der Waals surface area contributed by atoms with E-state index in [0.29, 0.717) is 27.8 Å². The Bertz CT molecular complexity index is 1190. The van der Waals surface area contributed by atoms with Crippen LogP contribution < -0.4 is 5.32 Å². The standard InChI is InChI=1S/C24H22FN3O4S/c25-16-8-6-15(7-9-16)19-13-27-22(32-19)10-11-23(30)31-14-21(29)28-24-18(12-26)17-4-2-1-3-5-20(17)33-24/h6-9,13H,1-5,10-11,14H2,(H,28,29). The molecule has 33 heavy (non-hydrogen) atoms. The summed E-state index contributed by atoms with van der Waals surface area (Å²) in [6.45, 7) is -0.432. The maximum atomic E-state index is 13.0. The summed E-state index contributed by atoms with van der Waals surface area (Å²) in [4.78, 5) is 29.6. The van der Waals surface area contributed by atoms with E-state index in [1.54, 1.807) is 12.1 Å². The Morgan fingerprint density at radius 3 is 2.79 bits per heavy atom. The number of amides is 1. The number of hydrogen-bond donors (Lipinski definition) is 1. The summed E-state index contributed by atoms with van der Waals surface area (Å²) in [7, 11) is 0. The minimum Gasteiger partial charge on any atom is -0.456 e. The van der Waals surface area contributed by atoms with Crippen molar-refractivity contribution in [1.82, 2.24) is 4.98 Å². The van der Waals surface area contributed by atoms with E-state index in [0.717, 1.165) is 42.5 Å². The van der Waals surface area contributed by atoms with Crippen molar-refractivity contribution in [3.63, 3.8) is 0 Å². The number of hydrogen-bond acceptors (Lipinski definition) is 7. The van der Waals surface area contributed by atoms with Crippen LogP contribution >= 0.6 is 11.3 Å². The lowest BCUT2D eigenvalue weighted by molar-refractivity contribution is -0.147. The number of carbonyl (C=O) groups is 2. The molecule has 2 aromatic heterocycles. The minimum atomic E-state index is -0.561. The zero-order chi connectivity index (χ0) is 23.2. The molecule has 0 radical (unpaired) electrons. The monoisotopic (exact) mass is 467 g/mol. The summed E-state index contributed by atoms with van der Waals surface area (Å²) in [6, 6.07) is 8.02. The van der Waals surface area contributed by atoms with Crippen LogP contribution in [-0.2, 0) is 33.6 Å². The third-order valence-electron chi connectivity index (χ3n) is 5.38. The summed E-state index contributed by atoms with van der Waals surface area (Å²) in [6.07, 6.45) is 6.75. The van der Waals surface area contributed by atoms with Crippen LogP contribution in [-0.4, -0.2) is 23.5 Å². The lowest BCUT2D eigenvalue weighted by Crippen LogP contribution is -2.21. The molecule has 9 heteroatoms. The van der Waals surface area contributed by atoms with Gasteiger partial charge in [-0.3, -0.25) is 9.59 Å². The Labute approximate surface area is 194 Å². The van der Waals surface area contributed by atoms with Gasteiger partial charge in [-0.25, -0.2) is 9.37 Å². The van der Waals surface area contributed by atoms with Crippen molar-refractivity contribution in [2.75, 3.05) is 11.9 Å². The first-order valence-corrected chi connectivity index (χ1v) is 11.6. The Morgan fingerprint density at radius 1 is 1.21 bits per heavy atom.